The number of nitrogens with zero attached hydrogens (tertiary/aromatic N) is 1. The Kier molecular flexibility index (Phi) is 6.78. The molecule has 1 fully saturated rings. The molecule has 3 aromatic rings. The number of H-pyrrole nitrogens is 1. The molecule has 1 saturated carbocycles. The van der Waals surface area contributed by atoms with Crippen LogP contribution in [0.15, 0.2) is 54.7 Å². The van der Waals surface area contributed by atoms with Gasteiger partial charge in [-0.1, -0.05) is 62.4 Å². The monoisotopic (exact) mass is 430 g/mol. The maximum atomic E-state index is 12.2. The van der Waals surface area contributed by atoms with Crippen molar-refractivity contribution >= 4 is 5.97 Å². The van der Waals surface area contributed by atoms with Crippen molar-refractivity contribution in [1.29, 1.82) is 0 Å². The fourth-order valence-electron chi connectivity index (χ4n) is 4.46. The van der Waals surface area contributed by atoms with E-state index < -0.39 is 5.60 Å². The molecule has 168 valence electrons. The van der Waals surface area contributed by atoms with Gasteiger partial charge in [-0.15, -0.1) is 0 Å². The number of nitrogens with one attached hydrogen (secondary N) is 1. The highest BCUT2D eigenvalue weighted by Gasteiger charge is 2.18. The van der Waals surface area contributed by atoms with Crippen LogP contribution in [-0.2, 0) is 11.2 Å². The van der Waals surface area contributed by atoms with E-state index in [2.05, 4.69) is 34.2 Å². The van der Waals surface area contributed by atoms with E-state index in [-0.39, 0.29) is 5.97 Å². The quantitative estimate of drug-likeness (QED) is 0.420. The first-order valence-electron chi connectivity index (χ1n) is 11.9. The fourth-order valence-corrected chi connectivity index (χ4v) is 4.46. The van der Waals surface area contributed by atoms with Crippen LogP contribution in [0.25, 0.3) is 22.6 Å². The normalized spacial score (nSPS) is 15.0. The van der Waals surface area contributed by atoms with E-state index in [0.29, 0.717) is 5.56 Å². The van der Waals surface area contributed by atoms with Crippen molar-refractivity contribution in [2.75, 3.05) is 0 Å². The van der Waals surface area contributed by atoms with Gasteiger partial charge in [0.05, 0.1) is 17.5 Å². The number of esters is 1. The SMILES string of the molecule is CC(C)(C)OC(=O)c1ccc(-c2ncc(-c3cccc(CCC4CCCCC4)c3)[nH]2)cc1. The van der Waals surface area contributed by atoms with Crippen molar-refractivity contribution in [2.45, 2.75) is 71.3 Å². The summed E-state index contributed by atoms with van der Waals surface area (Å²) >= 11 is 0. The van der Waals surface area contributed by atoms with Crippen LogP contribution in [0.4, 0.5) is 0 Å². The first kappa shape index (κ1) is 22.3. The van der Waals surface area contributed by atoms with Crippen LogP contribution in [0.2, 0.25) is 0 Å². The molecule has 2 aromatic carbocycles. The van der Waals surface area contributed by atoms with Crippen LogP contribution < -0.4 is 0 Å². The Bertz CT molecular complexity index is 1040. The smallest absolute Gasteiger partial charge is 0.338 e. The second kappa shape index (κ2) is 9.72. The van der Waals surface area contributed by atoms with Gasteiger partial charge in [0.1, 0.15) is 11.4 Å². The van der Waals surface area contributed by atoms with Crippen molar-refractivity contribution in [3.8, 4) is 22.6 Å². The van der Waals surface area contributed by atoms with Gasteiger partial charge in [-0.3, -0.25) is 0 Å². The van der Waals surface area contributed by atoms with Crippen LogP contribution in [0.1, 0.15) is 75.2 Å². The van der Waals surface area contributed by atoms with Crippen LogP contribution in [-0.4, -0.2) is 21.5 Å². The molecule has 0 spiro atoms. The number of imidazole rings is 1. The van der Waals surface area contributed by atoms with Crippen molar-refractivity contribution in [3.05, 3.63) is 65.9 Å². The van der Waals surface area contributed by atoms with Gasteiger partial charge in [0.15, 0.2) is 0 Å². The molecule has 0 unspecified atom stereocenters. The Labute approximate surface area is 191 Å². The van der Waals surface area contributed by atoms with Crippen LogP contribution in [0.3, 0.4) is 0 Å². The zero-order valence-corrected chi connectivity index (χ0v) is 19.5. The molecule has 0 atom stereocenters. The predicted octanol–water partition coefficient (Wildman–Crippen LogP) is 7.21. The van der Waals surface area contributed by atoms with Crippen molar-refractivity contribution in [2.24, 2.45) is 5.92 Å². The van der Waals surface area contributed by atoms with Gasteiger partial charge in [0, 0.05) is 5.56 Å². The molecular weight excluding hydrogens is 396 g/mol. The lowest BCUT2D eigenvalue weighted by atomic mass is 9.85. The Morgan fingerprint density at radius 3 is 2.50 bits per heavy atom. The van der Waals surface area contributed by atoms with E-state index in [4.69, 9.17) is 4.74 Å². The van der Waals surface area contributed by atoms with Crippen LogP contribution in [0, 0.1) is 5.92 Å². The fraction of sp³-hybridized carbons (Fsp3) is 0.429. The number of aryl methyl sites for hydroxylation is 1. The van der Waals surface area contributed by atoms with E-state index in [0.717, 1.165) is 35.0 Å². The number of carbonyl (C=O) groups is 1. The third-order valence-corrected chi connectivity index (χ3v) is 6.17. The number of hydrogen-bond donors (Lipinski definition) is 1. The zero-order valence-electron chi connectivity index (χ0n) is 19.5. The van der Waals surface area contributed by atoms with Gasteiger partial charge in [-0.2, -0.15) is 0 Å². The standard InChI is InChI=1S/C28H34N2O2/c1-28(2,3)32-27(31)23-16-14-22(15-17-23)26-29-19-25(30-26)24-11-7-10-21(18-24)13-12-20-8-5-4-6-9-20/h7,10-11,14-20H,4-6,8-9,12-13H2,1-3H3,(H,29,30). The van der Waals surface area contributed by atoms with Crippen molar-refractivity contribution < 1.29 is 9.53 Å². The molecule has 0 radical (unpaired) electrons. The van der Waals surface area contributed by atoms with Crippen LogP contribution in [0.5, 0.6) is 0 Å². The molecule has 4 nitrogen and oxygen atoms in total. The molecule has 1 heterocycles. The Morgan fingerprint density at radius 1 is 1.03 bits per heavy atom. The van der Waals surface area contributed by atoms with Gasteiger partial charge in [-0.25, -0.2) is 9.78 Å². The zero-order chi connectivity index (χ0) is 22.6. The second-order valence-electron chi connectivity index (χ2n) is 9.97. The molecule has 32 heavy (non-hydrogen) atoms. The lowest BCUT2D eigenvalue weighted by Gasteiger charge is -2.21. The molecule has 1 aromatic heterocycles. The number of aromatic amines is 1. The average Bonchev–Trinajstić information content (AvgIpc) is 3.28. The summed E-state index contributed by atoms with van der Waals surface area (Å²) in [7, 11) is 0. The molecular formula is C28H34N2O2. The van der Waals surface area contributed by atoms with E-state index >= 15 is 0 Å². The van der Waals surface area contributed by atoms with Gasteiger partial charge in [-0.05, 0) is 68.9 Å². The number of aromatic nitrogens is 2. The molecule has 0 aliphatic heterocycles. The maximum absolute atomic E-state index is 12.2. The van der Waals surface area contributed by atoms with Gasteiger partial charge < -0.3 is 9.72 Å². The Morgan fingerprint density at radius 2 is 1.78 bits per heavy atom. The molecule has 1 aliphatic rings. The number of benzene rings is 2. The molecule has 0 amide bonds. The minimum Gasteiger partial charge on any atom is -0.456 e. The molecule has 1 aliphatic carbocycles. The summed E-state index contributed by atoms with van der Waals surface area (Å²) in [5.41, 5.74) is 4.55. The van der Waals surface area contributed by atoms with Crippen molar-refractivity contribution in [1.82, 2.24) is 9.97 Å². The third kappa shape index (κ3) is 5.87. The van der Waals surface area contributed by atoms with Gasteiger partial charge in [0.25, 0.3) is 0 Å². The third-order valence-electron chi connectivity index (χ3n) is 6.17. The molecule has 0 saturated heterocycles. The Balaban J connectivity index is 1.42. The first-order valence-corrected chi connectivity index (χ1v) is 11.9. The highest BCUT2D eigenvalue weighted by atomic mass is 16.6. The summed E-state index contributed by atoms with van der Waals surface area (Å²) < 4.78 is 5.44. The highest BCUT2D eigenvalue weighted by molar-refractivity contribution is 5.90. The summed E-state index contributed by atoms with van der Waals surface area (Å²) in [6, 6.07) is 16.2. The lowest BCUT2D eigenvalue weighted by molar-refractivity contribution is 0.00695. The molecule has 4 heteroatoms. The lowest BCUT2D eigenvalue weighted by Crippen LogP contribution is -2.23. The first-order chi connectivity index (χ1) is 15.4. The summed E-state index contributed by atoms with van der Waals surface area (Å²) in [5.74, 6) is 1.38. The number of rotatable bonds is 6. The number of carbonyl (C=O) groups excluding carboxylic acids is 1. The Hall–Kier alpha value is -2.88. The van der Waals surface area contributed by atoms with Crippen molar-refractivity contribution in [3.63, 3.8) is 0 Å². The predicted molar refractivity (Wildman–Crippen MR) is 130 cm³/mol. The summed E-state index contributed by atoms with van der Waals surface area (Å²) in [5, 5.41) is 0. The topological polar surface area (TPSA) is 55.0 Å². The molecule has 1 N–H and O–H groups in total. The van der Waals surface area contributed by atoms with Gasteiger partial charge in [0.2, 0.25) is 0 Å². The van der Waals surface area contributed by atoms with E-state index in [1.807, 2.05) is 39.1 Å². The highest BCUT2D eigenvalue weighted by Crippen LogP contribution is 2.29. The molecule has 4 rings (SSSR count). The van der Waals surface area contributed by atoms with Crippen LogP contribution >= 0.6 is 0 Å². The summed E-state index contributed by atoms with van der Waals surface area (Å²) in [4.78, 5) is 20.2. The largest absolute Gasteiger partial charge is 0.456 e. The summed E-state index contributed by atoms with van der Waals surface area (Å²) in [6.07, 6.45) is 11.3. The summed E-state index contributed by atoms with van der Waals surface area (Å²) in [6.45, 7) is 5.61. The molecule has 0 bridgehead atoms. The average molecular weight is 431 g/mol. The maximum Gasteiger partial charge on any atom is 0.338 e. The van der Waals surface area contributed by atoms with E-state index in [1.54, 1.807) is 12.1 Å². The van der Waals surface area contributed by atoms with E-state index in [9.17, 15) is 4.79 Å². The minimum atomic E-state index is -0.503. The van der Waals surface area contributed by atoms with E-state index in [1.165, 1.54) is 44.1 Å². The second-order valence-corrected chi connectivity index (χ2v) is 9.97. The minimum absolute atomic E-state index is 0.311. The number of ether oxygens (including phenoxy) is 1. The van der Waals surface area contributed by atoms with Gasteiger partial charge >= 0.3 is 5.97 Å². The number of hydrogen-bond acceptors (Lipinski definition) is 3.